The Morgan fingerprint density at radius 2 is 1.64 bits per heavy atom. The Kier molecular flexibility index (Phi) is 10.9. The lowest BCUT2D eigenvalue weighted by molar-refractivity contribution is -0.140. The zero-order valence-corrected chi connectivity index (χ0v) is 25.6. The Balaban J connectivity index is 1.74. The Morgan fingerprint density at radius 3 is 2.29 bits per heavy atom. The average molecular weight is 635 g/mol. The van der Waals surface area contributed by atoms with E-state index in [2.05, 4.69) is 5.32 Å². The summed E-state index contributed by atoms with van der Waals surface area (Å²) in [4.78, 5) is 29.3. The molecule has 1 N–H and O–H groups in total. The molecule has 7 nitrogen and oxygen atoms in total. The van der Waals surface area contributed by atoms with Crippen LogP contribution in [0.4, 0.5) is 10.1 Å². The molecule has 3 aromatic rings. The molecule has 1 saturated carbocycles. The molecule has 11 heteroatoms. The van der Waals surface area contributed by atoms with Crippen LogP contribution in [0.25, 0.3) is 0 Å². The summed E-state index contributed by atoms with van der Waals surface area (Å²) in [6.07, 6.45) is 5.88. The summed E-state index contributed by atoms with van der Waals surface area (Å²) in [5.41, 5.74) is 1.06. The number of rotatable bonds is 11. The molecule has 4 rings (SSSR count). The van der Waals surface area contributed by atoms with Crippen LogP contribution in [-0.4, -0.2) is 50.0 Å². The van der Waals surface area contributed by atoms with Crippen LogP contribution < -0.4 is 9.62 Å². The van der Waals surface area contributed by atoms with Gasteiger partial charge in [-0.05, 0) is 42.7 Å². The van der Waals surface area contributed by atoms with Gasteiger partial charge in [-0.3, -0.25) is 13.9 Å². The van der Waals surface area contributed by atoms with Gasteiger partial charge in [-0.2, -0.15) is 0 Å². The summed E-state index contributed by atoms with van der Waals surface area (Å²) in [6, 6.07) is 18.4. The Bertz CT molecular complexity index is 1500. The van der Waals surface area contributed by atoms with Gasteiger partial charge in [0.05, 0.1) is 17.0 Å². The van der Waals surface area contributed by atoms with Crippen molar-refractivity contribution >= 4 is 50.7 Å². The number of anilines is 1. The van der Waals surface area contributed by atoms with Gasteiger partial charge in [0.15, 0.2) is 0 Å². The third-order valence-electron chi connectivity index (χ3n) is 7.38. The first-order chi connectivity index (χ1) is 20.0. The summed E-state index contributed by atoms with van der Waals surface area (Å²) in [6.45, 7) is -0.899. The van der Waals surface area contributed by atoms with Crippen molar-refractivity contribution in [3.05, 3.63) is 99.8 Å². The van der Waals surface area contributed by atoms with Crippen molar-refractivity contribution in [1.82, 2.24) is 10.2 Å². The highest BCUT2D eigenvalue weighted by molar-refractivity contribution is 7.92. The maximum atomic E-state index is 14.9. The highest BCUT2D eigenvalue weighted by Gasteiger charge is 2.34. The molecule has 0 aliphatic heterocycles. The zero-order valence-electron chi connectivity index (χ0n) is 23.3. The molecule has 1 atom stereocenters. The molecule has 0 bridgehead atoms. The lowest BCUT2D eigenvalue weighted by Crippen LogP contribution is -2.55. The number of nitrogens with zero attached hydrogens (tertiary/aromatic N) is 2. The highest BCUT2D eigenvalue weighted by atomic mass is 35.5. The van der Waals surface area contributed by atoms with E-state index in [1.165, 1.54) is 35.2 Å². The second-order valence-corrected chi connectivity index (χ2v) is 13.3. The molecular formula is C31H34Cl2FN3O4S. The molecule has 1 fully saturated rings. The normalized spacial score (nSPS) is 14.7. The average Bonchev–Trinajstić information content (AvgIpc) is 2.95. The molecule has 2 amide bonds. The van der Waals surface area contributed by atoms with E-state index in [0.29, 0.717) is 5.02 Å². The number of sulfonamides is 1. The zero-order chi connectivity index (χ0) is 30.3. The molecule has 0 heterocycles. The number of nitrogens with one attached hydrogen (secondary N) is 1. The van der Waals surface area contributed by atoms with E-state index in [-0.39, 0.29) is 41.2 Å². The van der Waals surface area contributed by atoms with Gasteiger partial charge >= 0.3 is 0 Å². The van der Waals surface area contributed by atoms with E-state index in [9.17, 15) is 22.4 Å². The fourth-order valence-electron chi connectivity index (χ4n) is 5.19. The third-order valence-corrected chi connectivity index (χ3v) is 9.04. The van der Waals surface area contributed by atoms with Crippen LogP contribution in [0.5, 0.6) is 0 Å². The summed E-state index contributed by atoms with van der Waals surface area (Å²) < 4.78 is 41.6. The van der Waals surface area contributed by atoms with Crippen molar-refractivity contribution in [1.29, 1.82) is 0 Å². The van der Waals surface area contributed by atoms with Gasteiger partial charge in [-0.1, -0.05) is 91.0 Å². The fraction of sp³-hybridized carbons (Fsp3) is 0.355. The van der Waals surface area contributed by atoms with Gasteiger partial charge in [0, 0.05) is 29.6 Å². The molecule has 0 spiro atoms. The van der Waals surface area contributed by atoms with E-state index in [4.69, 9.17) is 23.2 Å². The third kappa shape index (κ3) is 8.46. The van der Waals surface area contributed by atoms with Gasteiger partial charge < -0.3 is 10.2 Å². The molecule has 0 radical (unpaired) electrons. The van der Waals surface area contributed by atoms with Crippen molar-refractivity contribution in [2.75, 3.05) is 17.1 Å². The van der Waals surface area contributed by atoms with Gasteiger partial charge in [-0.25, -0.2) is 12.8 Å². The topological polar surface area (TPSA) is 86.8 Å². The van der Waals surface area contributed by atoms with Crippen LogP contribution in [0.2, 0.25) is 10.0 Å². The van der Waals surface area contributed by atoms with Crippen molar-refractivity contribution in [2.45, 2.75) is 57.2 Å². The van der Waals surface area contributed by atoms with Gasteiger partial charge in [0.2, 0.25) is 21.8 Å². The van der Waals surface area contributed by atoms with Crippen LogP contribution in [0.3, 0.4) is 0 Å². The van der Waals surface area contributed by atoms with Crippen molar-refractivity contribution in [3.8, 4) is 0 Å². The van der Waals surface area contributed by atoms with Gasteiger partial charge in [0.1, 0.15) is 18.4 Å². The van der Waals surface area contributed by atoms with Gasteiger partial charge in [-0.15, -0.1) is 0 Å². The maximum Gasteiger partial charge on any atom is 0.244 e. The van der Waals surface area contributed by atoms with E-state index < -0.39 is 34.3 Å². The van der Waals surface area contributed by atoms with Crippen molar-refractivity contribution < 1.29 is 22.4 Å². The monoisotopic (exact) mass is 633 g/mol. The molecule has 0 saturated heterocycles. The second kappa shape index (κ2) is 14.4. The number of carbonyl (C=O) groups excluding carboxylic acids is 2. The molecule has 1 unspecified atom stereocenters. The Labute approximate surface area is 256 Å². The minimum atomic E-state index is -4.01. The number of hydrogen-bond donors (Lipinski definition) is 1. The van der Waals surface area contributed by atoms with Crippen LogP contribution in [0.15, 0.2) is 72.8 Å². The number of halogens is 3. The first kappa shape index (κ1) is 31.8. The second-order valence-electron chi connectivity index (χ2n) is 10.5. The predicted molar refractivity (Wildman–Crippen MR) is 165 cm³/mol. The number of carbonyl (C=O) groups is 2. The van der Waals surface area contributed by atoms with Gasteiger partial charge in [0.25, 0.3) is 0 Å². The Morgan fingerprint density at radius 1 is 0.976 bits per heavy atom. The summed E-state index contributed by atoms with van der Waals surface area (Å²) in [7, 11) is -4.01. The smallest absolute Gasteiger partial charge is 0.244 e. The first-order valence-electron chi connectivity index (χ1n) is 13.8. The van der Waals surface area contributed by atoms with Crippen LogP contribution in [-0.2, 0) is 32.6 Å². The van der Waals surface area contributed by atoms with Crippen molar-refractivity contribution in [2.24, 2.45) is 0 Å². The standard InChI is InChI=1S/C31H34Cl2FN3O4S/c1-42(40,41)37(28-17-16-24(32)19-26(28)33)21-30(38)36(20-23-12-8-9-15-27(23)34)29(18-22-10-4-2-5-11-22)31(39)35-25-13-6-3-7-14-25/h2,4-5,8-12,15-17,19,25,29H,3,6-7,13-14,18,20-21H2,1H3,(H,35,39). The lowest BCUT2D eigenvalue weighted by atomic mass is 9.94. The quantitative estimate of drug-likeness (QED) is 0.281. The van der Waals surface area contributed by atoms with Crippen LogP contribution >= 0.6 is 23.2 Å². The van der Waals surface area contributed by atoms with E-state index in [1.807, 2.05) is 30.3 Å². The minimum absolute atomic E-state index is 0.0321. The Hall–Kier alpha value is -3.14. The largest absolute Gasteiger partial charge is 0.352 e. The predicted octanol–water partition coefficient (Wildman–Crippen LogP) is 5.99. The van der Waals surface area contributed by atoms with Crippen LogP contribution in [0, 0.1) is 5.82 Å². The summed E-state index contributed by atoms with van der Waals surface area (Å²) >= 11 is 12.4. The van der Waals surface area contributed by atoms with E-state index in [0.717, 1.165) is 48.2 Å². The molecule has 42 heavy (non-hydrogen) atoms. The summed E-state index contributed by atoms with van der Waals surface area (Å²) in [5, 5.41) is 3.45. The van der Waals surface area contributed by atoms with Crippen LogP contribution in [0.1, 0.15) is 43.2 Å². The fourth-order valence-corrected chi connectivity index (χ4v) is 6.61. The number of benzene rings is 3. The minimum Gasteiger partial charge on any atom is -0.352 e. The molecule has 3 aromatic carbocycles. The van der Waals surface area contributed by atoms with E-state index in [1.54, 1.807) is 12.1 Å². The number of hydrogen-bond acceptors (Lipinski definition) is 4. The molecule has 0 aromatic heterocycles. The SMILES string of the molecule is CS(=O)(=O)N(CC(=O)N(Cc1ccccc1F)C(Cc1ccccc1)C(=O)NC1CCCCC1)c1ccc(Cl)cc1Cl. The van der Waals surface area contributed by atoms with Crippen molar-refractivity contribution in [3.63, 3.8) is 0 Å². The maximum absolute atomic E-state index is 14.9. The van der Waals surface area contributed by atoms with E-state index >= 15 is 0 Å². The first-order valence-corrected chi connectivity index (χ1v) is 16.4. The summed E-state index contributed by atoms with van der Waals surface area (Å²) in [5.74, 6) is -1.59. The highest BCUT2D eigenvalue weighted by Crippen LogP contribution is 2.31. The lowest BCUT2D eigenvalue weighted by Gasteiger charge is -2.35. The molecule has 1 aliphatic carbocycles. The number of amides is 2. The molecule has 1 aliphatic rings. The molecule has 224 valence electrons. The molecular weight excluding hydrogens is 600 g/mol.